The van der Waals surface area contributed by atoms with E-state index >= 15 is 0 Å². The molecule has 0 saturated carbocycles. The number of hydrogen-bond acceptors (Lipinski definition) is 6. The van der Waals surface area contributed by atoms with Gasteiger partial charge in [-0.25, -0.2) is 17.2 Å². The number of sulfonamides is 1. The first-order chi connectivity index (χ1) is 11.4. The zero-order valence-electron chi connectivity index (χ0n) is 15.3. The summed E-state index contributed by atoms with van der Waals surface area (Å²) in [4.78, 5) is 22.1. The predicted octanol–water partition coefficient (Wildman–Crippen LogP) is 2.55. The SMILES string of the molecule is CCOC(=O)c1cccc([N+](=O)[O-])c1S(=O)(=O)N(C)[SiH](C)C(C)(C)C. The summed E-state index contributed by atoms with van der Waals surface area (Å²) >= 11 is 0. The van der Waals surface area contributed by atoms with Crippen LogP contribution in [-0.2, 0) is 14.8 Å². The van der Waals surface area contributed by atoms with Gasteiger partial charge in [0, 0.05) is 6.07 Å². The van der Waals surface area contributed by atoms with Crippen LogP contribution in [0.5, 0.6) is 0 Å². The van der Waals surface area contributed by atoms with Crippen molar-refractivity contribution in [3.05, 3.63) is 33.9 Å². The van der Waals surface area contributed by atoms with Gasteiger partial charge in [0.15, 0.2) is 4.90 Å². The fourth-order valence-corrected chi connectivity index (χ4v) is 7.35. The van der Waals surface area contributed by atoms with Gasteiger partial charge >= 0.3 is 5.97 Å². The maximum absolute atomic E-state index is 13.1. The molecule has 0 fully saturated rings. The van der Waals surface area contributed by atoms with E-state index in [1.807, 2.05) is 27.3 Å². The molecule has 0 bridgehead atoms. The molecule has 0 aliphatic heterocycles. The summed E-state index contributed by atoms with van der Waals surface area (Å²) in [5.41, 5.74) is -0.953. The average Bonchev–Trinajstić information content (AvgIpc) is 2.51. The molecule has 1 unspecified atom stereocenters. The maximum Gasteiger partial charge on any atom is 0.339 e. The molecule has 0 aliphatic rings. The highest BCUT2D eigenvalue weighted by Crippen LogP contribution is 2.35. The van der Waals surface area contributed by atoms with E-state index in [1.165, 1.54) is 23.2 Å². The van der Waals surface area contributed by atoms with Gasteiger partial charge in [-0.3, -0.25) is 10.1 Å². The van der Waals surface area contributed by atoms with E-state index in [4.69, 9.17) is 4.74 Å². The minimum absolute atomic E-state index is 0.0317. The van der Waals surface area contributed by atoms with E-state index in [1.54, 1.807) is 6.92 Å². The highest BCUT2D eigenvalue weighted by atomic mass is 32.2. The summed E-state index contributed by atoms with van der Waals surface area (Å²) in [5.74, 6) is -0.900. The molecule has 0 amide bonds. The minimum Gasteiger partial charge on any atom is -0.462 e. The van der Waals surface area contributed by atoms with Gasteiger partial charge in [0.2, 0.25) is 10.0 Å². The number of nitro benzene ring substituents is 1. The lowest BCUT2D eigenvalue weighted by atomic mass is 10.2. The van der Waals surface area contributed by atoms with E-state index in [0.717, 1.165) is 6.07 Å². The quantitative estimate of drug-likeness (QED) is 0.321. The van der Waals surface area contributed by atoms with Crippen LogP contribution < -0.4 is 0 Å². The third-order valence-electron chi connectivity index (χ3n) is 4.12. The Morgan fingerprint density at radius 3 is 2.36 bits per heavy atom. The van der Waals surface area contributed by atoms with Gasteiger partial charge in [-0.1, -0.05) is 33.4 Å². The van der Waals surface area contributed by atoms with E-state index in [2.05, 4.69) is 0 Å². The number of rotatable bonds is 6. The first-order valence-electron chi connectivity index (χ1n) is 7.78. The number of benzene rings is 1. The number of nitrogens with zero attached hydrogens (tertiary/aromatic N) is 2. The van der Waals surface area contributed by atoms with Gasteiger partial charge in [-0.2, -0.15) is 0 Å². The van der Waals surface area contributed by atoms with E-state index < -0.39 is 40.5 Å². The van der Waals surface area contributed by atoms with Crippen molar-refractivity contribution in [3.8, 4) is 0 Å². The molecule has 0 radical (unpaired) electrons. The second-order valence-corrected chi connectivity index (χ2v) is 12.9. The van der Waals surface area contributed by atoms with E-state index in [-0.39, 0.29) is 17.2 Å². The van der Waals surface area contributed by atoms with Crippen LogP contribution in [0.4, 0.5) is 5.69 Å². The van der Waals surface area contributed by atoms with Crippen molar-refractivity contribution >= 4 is 30.6 Å². The standard InChI is InChI=1S/C15H24N2O6SSi/c1-7-23-14(18)11-9-8-10-12(17(19)20)13(11)24(21,22)16(5)25(6)15(2,3)4/h8-10,25H,7H2,1-6H3. The molecule has 0 N–H and O–H groups in total. The zero-order valence-corrected chi connectivity index (χ0v) is 17.2. The Balaban J connectivity index is 3.67. The van der Waals surface area contributed by atoms with Crippen molar-refractivity contribution in [2.24, 2.45) is 0 Å². The molecule has 1 atom stereocenters. The van der Waals surface area contributed by atoms with Crippen molar-refractivity contribution in [2.75, 3.05) is 13.7 Å². The minimum atomic E-state index is -4.24. The topological polar surface area (TPSA) is 107 Å². The summed E-state index contributed by atoms with van der Waals surface area (Å²) in [6.07, 6.45) is 0. The van der Waals surface area contributed by atoms with Crippen LogP contribution in [0.3, 0.4) is 0 Å². The summed E-state index contributed by atoms with van der Waals surface area (Å²) in [5, 5.41) is 11.1. The molecule has 0 aliphatic carbocycles. The average molecular weight is 389 g/mol. The molecule has 1 aromatic carbocycles. The van der Waals surface area contributed by atoms with Crippen LogP contribution in [-0.4, -0.2) is 45.9 Å². The highest BCUT2D eigenvalue weighted by Gasteiger charge is 2.40. The summed E-state index contributed by atoms with van der Waals surface area (Å²) in [7, 11) is -4.86. The lowest BCUT2D eigenvalue weighted by Gasteiger charge is -2.33. The first-order valence-corrected chi connectivity index (χ1v) is 11.5. The normalized spacial score (nSPS) is 13.6. The second-order valence-electron chi connectivity index (χ2n) is 6.69. The predicted molar refractivity (Wildman–Crippen MR) is 96.7 cm³/mol. The third kappa shape index (κ3) is 4.44. The van der Waals surface area contributed by atoms with Gasteiger partial charge < -0.3 is 4.74 Å². The van der Waals surface area contributed by atoms with Crippen molar-refractivity contribution in [1.82, 2.24) is 3.97 Å². The molecule has 10 heteroatoms. The Bertz CT molecular complexity index is 773. The number of ether oxygens (including phenoxy) is 1. The third-order valence-corrected chi connectivity index (χ3v) is 11.2. The number of nitro groups is 1. The van der Waals surface area contributed by atoms with E-state index in [9.17, 15) is 23.3 Å². The molecule has 0 aromatic heterocycles. The molecule has 25 heavy (non-hydrogen) atoms. The Kier molecular flexibility index (Phi) is 6.48. The maximum atomic E-state index is 13.1. The van der Waals surface area contributed by atoms with E-state index in [0.29, 0.717) is 0 Å². The summed E-state index contributed by atoms with van der Waals surface area (Å²) in [6, 6.07) is 3.58. The molecule has 1 rings (SSSR count). The van der Waals surface area contributed by atoms with Crippen LogP contribution in [0.25, 0.3) is 0 Å². The fraction of sp³-hybridized carbons (Fsp3) is 0.533. The lowest BCUT2D eigenvalue weighted by molar-refractivity contribution is -0.387. The largest absolute Gasteiger partial charge is 0.462 e. The van der Waals surface area contributed by atoms with Crippen LogP contribution in [0, 0.1) is 10.1 Å². The molecule has 140 valence electrons. The Labute approximate surface area is 149 Å². The smallest absolute Gasteiger partial charge is 0.339 e. The molecule has 8 nitrogen and oxygen atoms in total. The number of hydrogen-bond donors (Lipinski definition) is 0. The lowest BCUT2D eigenvalue weighted by Crippen LogP contribution is -2.44. The van der Waals surface area contributed by atoms with Gasteiger partial charge in [0.1, 0.15) is 8.96 Å². The Morgan fingerprint density at radius 1 is 1.36 bits per heavy atom. The molecule has 0 saturated heterocycles. The van der Waals surface area contributed by atoms with Crippen LogP contribution >= 0.6 is 0 Å². The molecule has 0 spiro atoms. The van der Waals surface area contributed by atoms with Crippen LogP contribution in [0.2, 0.25) is 11.6 Å². The van der Waals surface area contributed by atoms with Gasteiger partial charge in [-0.15, -0.1) is 0 Å². The van der Waals surface area contributed by atoms with Crippen molar-refractivity contribution < 1.29 is 22.9 Å². The summed E-state index contributed by atoms with van der Waals surface area (Å²) < 4.78 is 32.3. The number of carbonyl (C=O) groups is 1. The molecule has 1 aromatic rings. The monoisotopic (exact) mass is 388 g/mol. The van der Waals surface area contributed by atoms with Crippen LogP contribution in [0.15, 0.2) is 23.1 Å². The highest BCUT2D eigenvalue weighted by molar-refractivity contribution is 7.90. The fourth-order valence-electron chi connectivity index (χ4n) is 2.21. The second kappa shape index (κ2) is 7.62. The van der Waals surface area contributed by atoms with Gasteiger partial charge in [0.25, 0.3) is 5.69 Å². The van der Waals surface area contributed by atoms with Crippen molar-refractivity contribution in [2.45, 2.75) is 44.2 Å². The Hall–Kier alpha value is -1.78. The van der Waals surface area contributed by atoms with Gasteiger partial charge in [0.05, 0.1) is 17.1 Å². The zero-order chi connectivity index (χ0) is 19.6. The summed E-state index contributed by atoms with van der Waals surface area (Å²) in [6.45, 7) is 9.20. The molecular formula is C15H24N2O6SSi. The first kappa shape index (κ1) is 21.3. The number of carbonyl (C=O) groups excluding carboxylic acids is 1. The number of esters is 1. The van der Waals surface area contributed by atoms with Crippen LogP contribution in [0.1, 0.15) is 38.1 Å². The Morgan fingerprint density at radius 2 is 1.92 bits per heavy atom. The molecular weight excluding hydrogens is 364 g/mol. The van der Waals surface area contributed by atoms with Crippen molar-refractivity contribution in [1.29, 1.82) is 0 Å². The van der Waals surface area contributed by atoms with Gasteiger partial charge in [-0.05, 0) is 25.1 Å². The van der Waals surface area contributed by atoms with Crippen molar-refractivity contribution in [3.63, 3.8) is 0 Å². The molecule has 0 heterocycles.